The summed E-state index contributed by atoms with van der Waals surface area (Å²) in [4.78, 5) is 2.62. The summed E-state index contributed by atoms with van der Waals surface area (Å²) in [5.74, 6) is 1.40. The molecule has 2 spiro atoms. The van der Waals surface area contributed by atoms with E-state index in [1.54, 1.807) is 27.8 Å². The topological polar surface area (TPSA) is 3.24 Å². The summed E-state index contributed by atoms with van der Waals surface area (Å²) in [6, 6.07) is 102. The molecule has 2 heteroatoms. The van der Waals surface area contributed by atoms with E-state index in [4.69, 9.17) is 0 Å². The summed E-state index contributed by atoms with van der Waals surface area (Å²) in [6.45, 7) is 0. The van der Waals surface area contributed by atoms with E-state index in [2.05, 4.69) is 266 Å². The Balaban J connectivity index is 0.916. The second-order valence-electron chi connectivity index (χ2n) is 24.4. The van der Waals surface area contributed by atoms with Crippen LogP contribution in [0.4, 0.5) is 17.1 Å². The van der Waals surface area contributed by atoms with E-state index in [1.807, 2.05) is 11.3 Å². The largest absolute Gasteiger partial charge is 0.310 e. The first-order valence-electron chi connectivity index (χ1n) is 29.2. The summed E-state index contributed by atoms with van der Waals surface area (Å²) in [7, 11) is 0. The van der Waals surface area contributed by atoms with Gasteiger partial charge in [0.1, 0.15) is 0 Å². The summed E-state index contributed by atoms with van der Waals surface area (Å²) in [5, 5.41) is 2.66. The van der Waals surface area contributed by atoms with Crippen molar-refractivity contribution in [1.29, 1.82) is 0 Å². The van der Waals surface area contributed by atoms with Gasteiger partial charge in [0, 0.05) is 53.4 Å². The fourth-order valence-corrected chi connectivity index (χ4v) is 19.9. The minimum absolute atomic E-state index is 0.0947. The second-order valence-corrected chi connectivity index (χ2v) is 25.4. The van der Waals surface area contributed by atoms with Gasteiger partial charge < -0.3 is 4.90 Å². The minimum atomic E-state index is -0.190. The zero-order valence-corrected chi connectivity index (χ0v) is 45.3. The second kappa shape index (κ2) is 16.7. The maximum atomic E-state index is 2.64. The molecule has 0 N–H and O–H groups in total. The van der Waals surface area contributed by atoms with Gasteiger partial charge in [-0.25, -0.2) is 0 Å². The first kappa shape index (κ1) is 45.3. The smallest absolute Gasteiger partial charge is 0.0543 e. The van der Waals surface area contributed by atoms with Gasteiger partial charge in [-0.3, -0.25) is 0 Å². The van der Waals surface area contributed by atoms with Gasteiger partial charge in [-0.15, -0.1) is 11.3 Å². The number of anilines is 3. The molecular formula is C78H57NS. The van der Waals surface area contributed by atoms with E-state index in [0.717, 1.165) is 43.5 Å². The van der Waals surface area contributed by atoms with E-state index in [-0.39, 0.29) is 16.2 Å². The van der Waals surface area contributed by atoms with Crippen LogP contribution in [0.5, 0.6) is 0 Å². The maximum Gasteiger partial charge on any atom is 0.0543 e. The molecule has 1 heterocycles. The molecule has 0 aliphatic heterocycles. The zero-order valence-electron chi connectivity index (χ0n) is 44.5. The molecule has 380 valence electrons. The Labute approximate surface area is 472 Å². The Morgan fingerprint density at radius 2 is 0.838 bits per heavy atom. The highest BCUT2D eigenvalue weighted by Gasteiger charge is 2.76. The standard InChI is InChI=1S/C78H57NS/c1-2-18-49(19-3-1)50-36-40-54(41-37-50)79(55-42-38-51(39-43-55)58-29-16-30-66-64-27-12-15-35-72(64)80-74(58)66)71-34-17-33-69-73(71)65-28-9-5-21-57(65)52-44-76(69)46-53-47-78(68-32-14-11-25-62(68)59-22-6-4-20-56(53)59)70-48-77(45-52,75(76)78)67-31-13-10-24-61(67)60-23-7-8-26-63(60)70/h1-43,52-53,70,75H,44-48H2. The van der Waals surface area contributed by atoms with Crippen molar-refractivity contribution in [3.8, 4) is 55.6 Å². The fourth-order valence-electron chi connectivity index (χ4n) is 18.6. The van der Waals surface area contributed by atoms with E-state index in [9.17, 15) is 0 Å². The normalized spacial score (nSPS) is 23.9. The van der Waals surface area contributed by atoms with Crippen LogP contribution in [0.25, 0.3) is 75.8 Å². The van der Waals surface area contributed by atoms with Gasteiger partial charge in [0.15, 0.2) is 0 Å². The molecule has 6 aliphatic carbocycles. The van der Waals surface area contributed by atoms with Crippen LogP contribution >= 0.6 is 11.3 Å². The Kier molecular flexibility index (Phi) is 9.48. The van der Waals surface area contributed by atoms with Gasteiger partial charge in [0.05, 0.1) is 5.69 Å². The Bertz CT molecular complexity index is 4510. The Morgan fingerprint density at radius 3 is 1.59 bits per heavy atom. The lowest BCUT2D eigenvalue weighted by atomic mass is 9.38. The first-order chi connectivity index (χ1) is 39.6. The molecule has 0 saturated heterocycles. The number of rotatable bonds is 5. The predicted octanol–water partition coefficient (Wildman–Crippen LogP) is 20.9. The summed E-state index contributed by atoms with van der Waals surface area (Å²) in [6.07, 6.45) is 5.70. The van der Waals surface area contributed by atoms with Crippen molar-refractivity contribution in [1.82, 2.24) is 0 Å². The number of benzene rings is 11. The molecule has 12 aromatic rings. The van der Waals surface area contributed by atoms with Gasteiger partial charge in [-0.1, -0.05) is 224 Å². The number of hydrogen-bond acceptors (Lipinski definition) is 2. The summed E-state index contributed by atoms with van der Waals surface area (Å²) < 4.78 is 2.68. The van der Waals surface area contributed by atoms with Gasteiger partial charge in [-0.2, -0.15) is 0 Å². The highest BCUT2D eigenvalue weighted by molar-refractivity contribution is 7.26. The predicted molar refractivity (Wildman–Crippen MR) is 334 cm³/mol. The van der Waals surface area contributed by atoms with Crippen LogP contribution in [0.2, 0.25) is 0 Å². The van der Waals surface area contributed by atoms with Crippen molar-refractivity contribution in [2.24, 2.45) is 5.92 Å². The number of thiophene rings is 1. The molecule has 1 aromatic heterocycles. The number of nitrogens with zero attached hydrogens (tertiary/aromatic N) is 1. The van der Waals surface area contributed by atoms with Crippen LogP contribution in [0.1, 0.15) is 83.2 Å². The molecule has 3 fully saturated rings. The average molecular weight is 1040 g/mol. The third kappa shape index (κ3) is 6.02. The number of hydrogen-bond donors (Lipinski definition) is 0. The van der Waals surface area contributed by atoms with Crippen molar-refractivity contribution < 1.29 is 0 Å². The van der Waals surface area contributed by atoms with E-state index in [1.165, 1.54) is 87.1 Å². The molecule has 11 aromatic carbocycles. The van der Waals surface area contributed by atoms with Crippen molar-refractivity contribution in [3.63, 3.8) is 0 Å². The third-order valence-electron chi connectivity index (χ3n) is 21.0. The van der Waals surface area contributed by atoms with Gasteiger partial charge in [0.2, 0.25) is 0 Å². The van der Waals surface area contributed by atoms with Crippen molar-refractivity contribution >= 4 is 48.6 Å². The first-order valence-corrected chi connectivity index (χ1v) is 30.0. The molecule has 1 nitrogen and oxygen atoms in total. The highest BCUT2D eigenvalue weighted by Crippen LogP contribution is 2.82. The molecule has 0 amide bonds. The van der Waals surface area contributed by atoms with Crippen LogP contribution in [0.15, 0.2) is 261 Å². The maximum absolute atomic E-state index is 2.64. The molecule has 7 atom stereocenters. The van der Waals surface area contributed by atoms with E-state index >= 15 is 0 Å². The lowest BCUT2D eigenvalue weighted by Crippen LogP contribution is -2.61. The van der Waals surface area contributed by atoms with Gasteiger partial charge in [0.25, 0.3) is 0 Å². The van der Waals surface area contributed by atoms with Crippen LogP contribution < -0.4 is 4.90 Å². The molecule has 80 heavy (non-hydrogen) atoms. The van der Waals surface area contributed by atoms with Crippen molar-refractivity contribution in [2.45, 2.75) is 66.1 Å². The lowest BCUT2D eigenvalue weighted by molar-refractivity contribution is -0.00417. The van der Waals surface area contributed by atoms with Crippen molar-refractivity contribution in [2.75, 3.05) is 4.90 Å². The Morgan fingerprint density at radius 1 is 0.338 bits per heavy atom. The SMILES string of the molecule is c1ccc(-c2ccc(N(c3ccc(-c4cccc5c4sc4ccccc45)cc3)c3cccc4c3-c3ccccc3C3CC56CC(c7ccccc7-c7ccccc75)C57CC(CC4(C3)C65)c3ccccc3-c3ccccc37)cc2)cc1. The van der Waals surface area contributed by atoms with E-state index in [0.29, 0.717) is 23.7 Å². The van der Waals surface area contributed by atoms with Gasteiger partial charge >= 0.3 is 0 Å². The quantitative estimate of drug-likeness (QED) is 0.166. The molecule has 7 unspecified atom stereocenters. The average Bonchev–Trinajstić information content (AvgIpc) is 1.89. The van der Waals surface area contributed by atoms with Crippen molar-refractivity contribution in [3.05, 3.63) is 294 Å². The van der Waals surface area contributed by atoms with Crippen LogP contribution in [-0.2, 0) is 16.2 Å². The Hall–Kier alpha value is -8.56. The molecule has 3 saturated carbocycles. The zero-order chi connectivity index (χ0) is 52.3. The van der Waals surface area contributed by atoms with Crippen LogP contribution in [0.3, 0.4) is 0 Å². The molecule has 6 aliphatic rings. The summed E-state index contributed by atoms with van der Waals surface area (Å²) >= 11 is 1.91. The summed E-state index contributed by atoms with van der Waals surface area (Å²) in [5.41, 5.74) is 26.1. The lowest BCUT2D eigenvalue weighted by Gasteiger charge is -2.64. The monoisotopic (exact) mass is 1040 g/mol. The minimum Gasteiger partial charge on any atom is -0.310 e. The van der Waals surface area contributed by atoms with Crippen LogP contribution in [0, 0.1) is 5.92 Å². The van der Waals surface area contributed by atoms with E-state index < -0.39 is 0 Å². The van der Waals surface area contributed by atoms with Gasteiger partial charge in [-0.05, 0) is 176 Å². The molecular weight excluding hydrogens is 983 g/mol. The molecule has 6 bridgehead atoms. The van der Waals surface area contributed by atoms with Crippen LogP contribution in [-0.4, -0.2) is 0 Å². The fraction of sp³-hybridized carbons (Fsp3) is 0.154. The molecule has 18 rings (SSSR count). The highest BCUT2D eigenvalue weighted by atomic mass is 32.1. The number of fused-ring (bicyclic) bond motifs is 17. The molecule has 0 radical (unpaired) electrons. The third-order valence-corrected chi connectivity index (χ3v) is 22.2.